The normalized spacial score (nSPS) is 12.7. The first-order valence-corrected chi connectivity index (χ1v) is 14.6. The molecule has 0 saturated carbocycles. The number of hydrogen-bond donors (Lipinski definition) is 0. The highest BCUT2D eigenvalue weighted by molar-refractivity contribution is 7.27. The largest absolute Gasteiger partial charge is 0.144 e. The van der Waals surface area contributed by atoms with Crippen LogP contribution >= 0.6 is 45.3 Å². The summed E-state index contributed by atoms with van der Waals surface area (Å²) in [6, 6.07) is 28.2. The smallest absolute Gasteiger partial charge is 0.0434 e. The van der Waals surface area contributed by atoms with Crippen LogP contribution in [0, 0.1) is 0 Å². The molecule has 0 spiro atoms. The maximum Gasteiger partial charge on any atom is 0.0434 e. The van der Waals surface area contributed by atoms with Crippen molar-refractivity contribution in [1.29, 1.82) is 0 Å². The Morgan fingerprint density at radius 1 is 0.353 bits per heavy atom. The van der Waals surface area contributed by atoms with E-state index in [2.05, 4.69) is 83.6 Å². The Kier molecular flexibility index (Phi) is 3.42. The van der Waals surface area contributed by atoms with E-state index >= 15 is 0 Å². The molecule has 0 unspecified atom stereocenters. The van der Waals surface area contributed by atoms with Crippen LogP contribution in [-0.2, 0) is 0 Å². The van der Waals surface area contributed by atoms with E-state index in [1.54, 1.807) is 0 Å². The number of fused-ring (bicyclic) bond motifs is 12. The SMILES string of the molecule is c1cc2cc3c(cc2s1)sc1cc2c(ccc4c2ccc2c5cc6ccsc6cc5sc24)cc13. The quantitative estimate of drug-likeness (QED) is 0.181. The van der Waals surface area contributed by atoms with Gasteiger partial charge in [0.05, 0.1) is 0 Å². The van der Waals surface area contributed by atoms with Gasteiger partial charge in [0, 0.05) is 55.1 Å². The monoisotopic (exact) mass is 502 g/mol. The molecule has 34 heavy (non-hydrogen) atoms. The molecule has 9 rings (SSSR count). The van der Waals surface area contributed by atoms with Crippen LogP contribution in [0.1, 0.15) is 0 Å². The molecule has 0 aliphatic carbocycles. The average Bonchev–Trinajstić information content (AvgIpc) is 3.63. The van der Waals surface area contributed by atoms with Gasteiger partial charge in [0.1, 0.15) is 0 Å². The van der Waals surface area contributed by atoms with E-state index in [1.165, 1.54) is 82.1 Å². The predicted molar refractivity (Wildman–Crippen MR) is 158 cm³/mol. The Balaban J connectivity index is 1.39. The van der Waals surface area contributed by atoms with Crippen molar-refractivity contribution in [2.24, 2.45) is 0 Å². The zero-order valence-corrected chi connectivity index (χ0v) is 21.0. The van der Waals surface area contributed by atoms with E-state index < -0.39 is 0 Å². The van der Waals surface area contributed by atoms with E-state index in [4.69, 9.17) is 0 Å². The molecule has 0 saturated heterocycles. The van der Waals surface area contributed by atoms with Crippen molar-refractivity contribution < 1.29 is 0 Å². The molecule has 0 N–H and O–H groups in total. The van der Waals surface area contributed by atoms with Gasteiger partial charge in [-0.3, -0.25) is 0 Å². The van der Waals surface area contributed by atoms with Gasteiger partial charge in [-0.1, -0.05) is 24.3 Å². The standard InChI is InChI=1S/C30H14S4/c1-2-19-18(3-4-20-22-10-16-5-7-32-26(16)14-29(22)34-30(19)20)21-12-27-23(9-15(1)21)24-11-17-6-8-31-25(17)13-28(24)33-27/h1-14H. The van der Waals surface area contributed by atoms with Gasteiger partial charge >= 0.3 is 0 Å². The van der Waals surface area contributed by atoms with E-state index in [0.29, 0.717) is 0 Å². The van der Waals surface area contributed by atoms with Crippen molar-refractivity contribution in [3.05, 3.63) is 83.6 Å². The van der Waals surface area contributed by atoms with Gasteiger partial charge in [-0.05, 0) is 86.2 Å². The lowest BCUT2D eigenvalue weighted by Crippen LogP contribution is -1.79. The fourth-order valence-corrected chi connectivity index (χ4v) is 9.73. The van der Waals surface area contributed by atoms with Gasteiger partial charge in [0.25, 0.3) is 0 Å². The lowest BCUT2D eigenvalue weighted by molar-refractivity contribution is 1.90. The lowest BCUT2D eigenvalue weighted by atomic mass is 9.98. The summed E-state index contributed by atoms with van der Waals surface area (Å²) in [7, 11) is 0. The molecule has 4 heteroatoms. The number of benzene rings is 5. The fraction of sp³-hybridized carbons (Fsp3) is 0. The van der Waals surface area contributed by atoms with Crippen molar-refractivity contribution in [1.82, 2.24) is 0 Å². The molecular formula is C30H14S4. The van der Waals surface area contributed by atoms with Gasteiger partial charge in [0.2, 0.25) is 0 Å². The van der Waals surface area contributed by atoms with Gasteiger partial charge in [-0.15, -0.1) is 45.3 Å². The van der Waals surface area contributed by atoms with Gasteiger partial charge in [0.15, 0.2) is 0 Å². The Hall–Kier alpha value is -3.02. The maximum absolute atomic E-state index is 2.43. The highest BCUT2D eigenvalue weighted by Gasteiger charge is 2.14. The number of thiophene rings is 4. The van der Waals surface area contributed by atoms with Crippen LogP contribution < -0.4 is 0 Å². The van der Waals surface area contributed by atoms with Crippen LogP contribution in [0.2, 0.25) is 0 Å². The highest BCUT2D eigenvalue weighted by atomic mass is 32.1. The summed E-state index contributed by atoms with van der Waals surface area (Å²) in [6.45, 7) is 0. The third kappa shape index (κ3) is 2.32. The molecule has 0 fully saturated rings. The summed E-state index contributed by atoms with van der Waals surface area (Å²) in [5.74, 6) is 0. The molecule has 5 aromatic carbocycles. The Labute approximate surface area is 209 Å². The number of hydrogen-bond acceptors (Lipinski definition) is 4. The van der Waals surface area contributed by atoms with Crippen LogP contribution in [0.3, 0.4) is 0 Å². The fourth-order valence-electron chi connectivity index (χ4n) is 5.56. The molecule has 0 aliphatic rings. The zero-order chi connectivity index (χ0) is 22.0. The van der Waals surface area contributed by atoms with Crippen molar-refractivity contribution in [2.75, 3.05) is 0 Å². The van der Waals surface area contributed by atoms with E-state index in [1.807, 2.05) is 45.3 Å². The Morgan fingerprint density at radius 3 is 1.68 bits per heavy atom. The van der Waals surface area contributed by atoms with E-state index in [-0.39, 0.29) is 0 Å². The molecule has 0 amide bonds. The summed E-state index contributed by atoms with van der Waals surface area (Å²) in [5, 5.41) is 18.0. The first kappa shape index (κ1) is 18.3. The summed E-state index contributed by atoms with van der Waals surface area (Å²) in [4.78, 5) is 0. The van der Waals surface area contributed by atoms with Crippen LogP contribution in [-0.4, -0.2) is 0 Å². The summed E-state index contributed by atoms with van der Waals surface area (Å²) in [5.41, 5.74) is 0. The van der Waals surface area contributed by atoms with Crippen molar-refractivity contribution in [2.45, 2.75) is 0 Å². The molecule has 0 atom stereocenters. The molecule has 0 radical (unpaired) electrons. The molecular weight excluding hydrogens is 489 g/mol. The molecule has 4 aromatic heterocycles. The highest BCUT2D eigenvalue weighted by Crippen LogP contribution is 2.44. The van der Waals surface area contributed by atoms with Crippen LogP contribution in [0.4, 0.5) is 0 Å². The van der Waals surface area contributed by atoms with Gasteiger partial charge in [-0.25, -0.2) is 0 Å². The summed E-state index contributed by atoms with van der Waals surface area (Å²) in [6.07, 6.45) is 0. The average molecular weight is 503 g/mol. The lowest BCUT2D eigenvalue weighted by Gasteiger charge is -2.06. The molecule has 9 aromatic rings. The van der Waals surface area contributed by atoms with Crippen molar-refractivity contribution >= 4 is 127 Å². The molecule has 0 aliphatic heterocycles. The second-order valence-corrected chi connectivity index (χ2v) is 13.0. The molecule has 0 bridgehead atoms. The Bertz CT molecular complexity index is 2260. The van der Waals surface area contributed by atoms with Crippen LogP contribution in [0.5, 0.6) is 0 Å². The maximum atomic E-state index is 2.43. The molecule has 0 nitrogen and oxygen atoms in total. The Morgan fingerprint density at radius 2 is 0.912 bits per heavy atom. The summed E-state index contributed by atoms with van der Waals surface area (Å²) >= 11 is 7.52. The molecule has 158 valence electrons. The van der Waals surface area contributed by atoms with Crippen molar-refractivity contribution in [3.63, 3.8) is 0 Å². The van der Waals surface area contributed by atoms with E-state index in [9.17, 15) is 0 Å². The second kappa shape index (κ2) is 6.35. The minimum atomic E-state index is 1.33. The van der Waals surface area contributed by atoms with Crippen LogP contribution in [0.25, 0.3) is 82.1 Å². The zero-order valence-electron chi connectivity index (χ0n) is 17.7. The van der Waals surface area contributed by atoms with E-state index in [0.717, 1.165) is 0 Å². The topological polar surface area (TPSA) is 0 Å². The predicted octanol–water partition coefficient (Wildman–Crippen LogP) is 11.2. The first-order chi connectivity index (χ1) is 16.8. The minimum Gasteiger partial charge on any atom is -0.144 e. The van der Waals surface area contributed by atoms with Gasteiger partial charge in [-0.2, -0.15) is 0 Å². The van der Waals surface area contributed by atoms with Crippen LogP contribution in [0.15, 0.2) is 83.6 Å². The summed E-state index contributed by atoms with van der Waals surface area (Å²) < 4.78 is 8.31. The third-order valence-electron chi connectivity index (χ3n) is 7.19. The second-order valence-electron chi connectivity index (χ2n) is 8.99. The first-order valence-electron chi connectivity index (χ1n) is 11.2. The molecule has 4 heterocycles. The minimum absolute atomic E-state index is 1.33. The third-order valence-corrected chi connectivity index (χ3v) is 11.3. The van der Waals surface area contributed by atoms with Gasteiger partial charge < -0.3 is 0 Å². The number of rotatable bonds is 0. The van der Waals surface area contributed by atoms with Crippen molar-refractivity contribution in [3.8, 4) is 0 Å².